The quantitative estimate of drug-likeness (QED) is 0.785. The molecule has 0 saturated heterocycles. The molecule has 0 aliphatic carbocycles. The van der Waals surface area contributed by atoms with Crippen molar-refractivity contribution in [2.24, 2.45) is 0 Å². The molecular weight excluding hydrogens is 290 g/mol. The van der Waals surface area contributed by atoms with E-state index in [4.69, 9.17) is 16.3 Å². The van der Waals surface area contributed by atoms with Crippen LogP contribution in [0.5, 0.6) is 0 Å². The molecule has 2 aromatic heterocycles. The lowest BCUT2D eigenvalue weighted by Crippen LogP contribution is -2.04. The molecule has 3 rings (SSSR count). The first-order valence-electron chi connectivity index (χ1n) is 6.46. The molecule has 2 heterocycles. The molecule has 1 aromatic carbocycles. The summed E-state index contributed by atoms with van der Waals surface area (Å²) < 4.78 is 7.01. The van der Waals surface area contributed by atoms with E-state index in [0.717, 1.165) is 11.3 Å². The molecule has 0 spiro atoms. The second kappa shape index (κ2) is 6.07. The molecule has 0 unspecified atom stereocenters. The Morgan fingerprint density at radius 2 is 2.10 bits per heavy atom. The average molecular weight is 304 g/mol. The zero-order valence-electron chi connectivity index (χ0n) is 11.5. The number of benzene rings is 1. The smallest absolute Gasteiger partial charge is 0.165 e. The van der Waals surface area contributed by atoms with Crippen LogP contribution in [0.2, 0.25) is 5.02 Å². The molecule has 0 aliphatic heterocycles. The molecule has 6 nitrogen and oxygen atoms in total. The van der Waals surface area contributed by atoms with Crippen molar-refractivity contribution in [2.45, 2.75) is 6.54 Å². The van der Waals surface area contributed by atoms with Crippen molar-refractivity contribution in [2.75, 3.05) is 19.0 Å². The predicted molar refractivity (Wildman–Crippen MR) is 81.9 cm³/mol. The average Bonchev–Trinajstić information content (AvgIpc) is 2.92. The van der Waals surface area contributed by atoms with E-state index < -0.39 is 0 Å². The summed E-state index contributed by atoms with van der Waals surface area (Å²) in [5.41, 5.74) is 2.25. The molecule has 0 fully saturated rings. The van der Waals surface area contributed by atoms with Gasteiger partial charge in [-0.25, -0.2) is 15.0 Å². The Kier molecular flexibility index (Phi) is 3.98. The lowest BCUT2D eigenvalue weighted by Gasteiger charge is -2.08. The fourth-order valence-corrected chi connectivity index (χ4v) is 2.20. The number of rotatable bonds is 5. The Balaban J connectivity index is 1.96. The summed E-state index contributed by atoms with van der Waals surface area (Å²) in [6.07, 6.45) is 3.24. The van der Waals surface area contributed by atoms with Gasteiger partial charge in [0.1, 0.15) is 6.33 Å². The number of aromatic nitrogens is 4. The van der Waals surface area contributed by atoms with Gasteiger partial charge in [-0.15, -0.1) is 0 Å². The van der Waals surface area contributed by atoms with E-state index in [2.05, 4.69) is 20.3 Å². The highest BCUT2D eigenvalue weighted by Crippen LogP contribution is 2.26. The monoisotopic (exact) mass is 303 g/mol. The first-order valence-corrected chi connectivity index (χ1v) is 6.83. The van der Waals surface area contributed by atoms with Gasteiger partial charge in [0, 0.05) is 13.7 Å². The number of para-hydroxylation sites is 1. The minimum atomic E-state index is 0.600. The topological polar surface area (TPSA) is 64.9 Å². The van der Waals surface area contributed by atoms with Gasteiger partial charge in [-0.1, -0.05) is 23.7 Å². The molecule has 0 amide bonds. The van der Waals surface area contributed by atoms with Crippen LogP contribution in [0.1, 0.15) is 0 Å². The van der Waals surface area contributed by atoms with Gasteiger partial charge in [0.15, 0.2) is 17.0 Å². The highest BCUT2D eigenvalue weighted by Gasteiger charge is 2.11. The van der Waals surface area contributed by atoms with Crippen molar-refractivity contribution in [1.82, 2.24) is 19.5 Å². The van der Waals surface area contributed by atoms with Gasteiger partial charge >= 0.3 is 0 Å². The molecule has 0 aliphatic rings. The van der Waals surface area contributed by atoms with E-state index in [9.17, 15) is 0 Å². The summed E-state index contributed by atoms with van der Waals surface area (Å²) in [7, 11) is 1.67. The van der Waals surface area contributed by atoms with Crippen LogP contribution in [-0.4, -0.2) is 33.2 Å². The van der Waals surface area contributed by atoms with Crippen LogP contribution in [-0.2, 0) is 11.3 Å². The number of halogens is 1. The van der Waals surface area contributed by atoms with E-state index in [1.165, 1.54) is 6.33 Å². The molecule has 0 saturated carbocycles. The SMILES string of the molecule is COCCn1cnc2c(Nc3ccccc3Cl)ncnc21. The van der Waals surface area contributed by atoms with E-state index in [-0.39, 0.29) is 0 Å². The molecule has 0 radical (unpaired) electrons. The molecule has 21 heavy (non-hydrogen) atoms. The molecular formula is C14H14ClN5O. The second-order valence-corrected chi connectivity index (χ2v) is 4.84. The van der Waals surface area contributed by atoms with Gasteiger partial charge in [0.2, 0.25) is 0 Å². The first kappa shape index (κ1) is 13.8. The third kappa shape index (κ3) is 2.81. The summed E-state index contributed by atoms with van der Waals surface area (Å²) in [5.74, 6) is 0.629. The molecule has 7 heteroatoms. The Morgan fingerprint density at radius 3 is 2.90 bits per heavy atom. The second-order valence-electron chi connectivity index (χ2n) is 4.43. The first-order chi connectivity index (χ1) is 10.3. The summed E-state index contributed by atoms with van der Waals surface area (Å²) in [6.45, 7) is 1.29. The predicted octanol–water partition coefficient (Wildman–Crippen LogP) is 2.87. The number of methoxy groups -OCH3 is 1. The molecule has 108 valence electrons. The number of nitrogens with zero attached hydrogens (tertiary/aromatic N) is 4. The van der Waals surface area contributed by atoms with Crippen molar-refractivity contribution in [3.05, 3.63) is 41.9 Å². The number of nitrogens with one attached hydrogen (secondary N) is 1. The van der Waals surface area contributed by atoms with E-state index in [1.807, 2.05) is 28.8 Å². The Labute approximate surface area is 126 Å². The van der Waals surface area contributed by atoms with E-state index in [0.29, 0.717) is 29.5 Å². The maximum Gasteiger partial charge on any atom is 0.165 e. The number of hydrogen-bond acceptors (Lipinski definition) is 5. The van der Waals surface area contributed by atoms with Crippen LogP contribution in [0.15, 0.2) is 36.9 Å². The van der Waals surface area contributed by atoms with Gasteiger partial charge in [0.25, 0.3) is 0 Å². The maximum absolute atomic E-state index is 6.15. The highest BCUT2D eigenvalue weighted by molar-refractivity contribution is 6.33. The number of ether oxygens (including phenoxy) is 1. The van der Waals surface area contributed by atoms with Crippen LogP contribution >= 0.6 is 11.6 Å². The lowest BCUT2D eigenvalue weighted by atomic mass is 10.3. The minimum absolute atomic E-state index is 0.600. The minimum Gasteiger partial charge on any atom is -0.383 e. The maximum atomic E-state index is 6.15. The Morgan fingerprint density at radius 1 is 1.24 bits per heavy atom. The summed E-state index contributed by atoms with van der Waals surface area (Å²) in [5, 5.41) is 3.82. The van der Waals surface area contributed by atoms with Crippen LogP contribution in [0, 0.1) is 0 Å². The van der Waals surface area contributed by atoms with Crippen LogP contribution in [0.3, 0.4) is 0 Å². The van der Waals surface area contributed by atoms with Gasteiger partial charge in [0.05, 0.1) is 23.6 Å². The summed E-state index contributed by atoms with van der Waals surface area (Å²) in [4.78, 5) is 12.9. The van der Waals surface area contributed by atoms with Crippen molar-refractivity contribution < 1.29 is 4.74 Å². The van der Waals surface area contributed by atoms with Gasteiger partial charge < -0.3 is 14.6 Å². The number of imidazole rings is 1. The fraction of sp³-hybridized carbons (Fsp3) is 0.214. The third-order valence-corrected chi connectivity index (χ3v) is 3.39. The fourth-order valence-electron chi connectivity index (χ4n) is 2.02. The van der Waals surface area contributed by atoms with Crippen molar-refractivity contribution in [3.8, 4) is 0 Å². The standard InChI is InChI=1S/C14H14ClN5O/c1-21-7-6-20-9-18-12-13(16-8-17-14(12)20)19-11-5-3-2-4-10(11)15/h2-5,8-9H,6-7H2,1H3,(H,16,17,19). The zero-order chi connectivity index (χ0) is 14.7. The number of anilines is 2. The molecule has 1 N–H and O–H groups in total. The van der Waals surface area contributed by atoms with Crippen molar-refractivity contribution in [3.63, 3.8) is 0 Å². The van der Waals surface area contributed by atoms with E-state index >= 15 is 0 Å². The van der Waals surface area contributed by atoms with Gasteiger partial charge in [-0.2, -0.15) is 0 Å². The highest BCUT2D eigenvalue weighted by atomic mass is 35.5. The normalized spacial score (nSPS) is 11.0. The van der Waals surface area contributed by atoms with Crippen LogP contribution < -0.4 is 5.32 Å². The van der Waals surface area contributed by atoms with Crippen molar-refractivity contribution in [1.29, 1.82) is 0 Å². The summed E-state index contributed by atoms with van der Waals surface area (Å²) in [6, 6.07) is 7.49. The molecule has 0 bridgehead atoms. The number of hydrogen-bond donors (Lipinski definition) is 1. The van der Waals surface area contributed by atoms with Crippen LogP contribution in [0.25, 0.3) is 11.2 Å². The largest absolute Gasteiger partial charge is 0.383 e. The van der Waals surface area contributed by atoms with Crippen molar-refractivity contribution >= 4 is 34.3 Å². The zero-order valence-corrected chi connectivity index (χ0v) is 12.2. The Hall–Kier alpha value is -2.18. The van der Waals surface area contributed by atoms with Crippen LogP contribution in [0.4, 0.5) is 11.5 Å². The number of fused-ring (bicyclic) bond motifs is 1. The van der Waals surface area contributed by atoms with E-state index in [1.54, 1.807) is 13.4 Å². The molecule has 0 atom stereocenters. The lowest BCUT2D eigenvalue weighted by molar-refractivity contribution is 0.188. The van der Waals surface area contributed by atoms with Gasteiger partial charge in [-0.3, -0.25) is 0 Å². The summed E-state index contributed by atoms with van der Waals surface area (Å²) >= 11 is 6.15. The molecule has 3 aromatic rings. The van der Waals surface area contributed by atoms with Gasteiger partial charge in [-0.05, 0) is 12.1 Å². The third-order valence-electron chi connectivity index (χ3n) is 3.06. The Bertz CT molecular complexity index is 758.